The summed E-state index contributed by atoms with van der Waals surface area (Å²) in [5, 5.41) is 23.6. The molecule has 15 nitrogen and oxygen atoms in total. The van der Waals surface area contributed by atoms with E-state index in [4.69, 9.17) is 19.7 Å². The van der Waals surface area contributed by atoms with Gasteiger partial charge in [-0.15, -0.1) is 0 Å². The molecule has 5 rings (SSSR count). The van der Waals surface area contributed by atoms with Crippen molar-refractivity contribution in [1.29, 1.82) is 0 Å². The SMILES string of the molecule is CC(C)(C)OC(=O)N1CCC(C(=O)O)CC1.O=C(O)N1CCNCC1.O=C(OCc1ccccc1)N1CCN(C(=O)C2CCNCC2)CC1. The summed E-state index contributed by atoms with van der Waals surface area (Å²) in [5.74, 6) is -0.709. The fourth-order valence-corrected chi connectivity index (χ4v) is 5.74. The van der Waals surface area contributed by atoms with Crippen LogP contribution in [-0.2, 0) is 25.7 Å². The van der Waals surface area contributed by atoms with Crippen LogP contribution in [-0.4, -0.2) is 144 Å². The van der Waals surface area contributed by atoms with Crippen LogP contribution < -0.4 is 10.6 Å². The van der Waals surface area contributed by atoms with Gasteiger partial charge < -0.3 is 49.9 Å². The van der Waals surface area contributed by atoms with Crippen molar-refractivity contribution >= 4 is 30.2 Å². The van der Waals surface area contributed by atoms with Gasteiger partial charge in [0.15, 0.2) is 0 Å². The Morgan fingerprint density at radius 1 is 0.673 bits per heavy atom. The van der Waals surface area contributed by atoms with Gasteiger partial charge in [0.25, 0.3) is 0 Å². The number of rotatable bonds is 4. The Labute approximate surface area is 288 Å². The Morgan fingerprint density at radius 3 is 1.71 bits per heavy atom. The highest BCUT2D eigenvalue weighted by molar-refractivity contribution is 5.79. The minimum atomic E-state index is -0.809. The third-order valence-corrected chi connectivity index (χ3v) is 8.63. The van der Waals surface area contributed by atoms with Crippen LogP contribution in [0.25, 0.3) is 0 Å². The van der Waals surface area contributed by atoms with Crippen molar-refractivity contribution in [2.45, 2.75) is 58.7 Å². The van der Waals surface area contributed by atoms with Crippen LogP contribution in [0, 0.1) is 11.8 Å². The molecular formula is C34H54N6O9. The molecular weight excluding hydrogens is 636 g/mol. The Morgan fingerprint density at radius 2 is 1.20 bits per heavy atom. The first-order valence-electron chi connectivity index (χ1n) is 17.2. The lowest BCUT2D eigenvalue weighted by molar-refractivity contribution is -0.143. The molecule has 1 aromatic carbocycles. The molecule has 0 atom stereocenters. The van der Waals surface area contributed by atoms with E-state index < -0.39 is 17.7 Å². The first kappa shape index (κ1) is 39.3. The van der Waals surface area contributed by atoms with Crippen molar-refractivity contribution in [3.63, 3.8) is 0 Å². The molecule has 0 aromatic heterocycles. The van der Waals surface area contributed by atoms with Crippen LogP contribution >= 0.6 is 0 Å². The Bertz CT molecular complexity index is 1200. The number of carboxylic acid groups (broad SMARTS) is 2. The summed E-state index contributed by atoms with van der Waals surface area (Å²) in [4.78, 5) is 63.8. The molecule has 0 bridgehead atoms. The molecule has 4 saturated heterocycles. The van der Waals surface area contributed by atoms with E-state index in [-0.39, 0.29) is 36.5 Å². The first-order valence-corrected chi connectivity index (χ1v) is 17.2. The van der Waals surface area contributed by atoms with E-state index in [1.54, 1.807) is 9.80 Å². The van der Waals surface area contributed by atoms with E-state index in [1.165, 1.54) is 4.90 Å². The van der Waals surface area contributed by atoms with E-state index in [2.05, 4.69) is 10.6 Å². The number of piperazine rings is 2. The van der Waals surface area contributed by atoms with Gasteiger partial charge in [0, 0.05) is 71.4 Å². The molecule has 4 amide bonds. The van der Waals surface area contributed by atoms with Crippen LogP contribution in [0.5, 0.6) is 0 Å². The van der Waals surface area contributed by atoms with E-state index in [1.807, 2.05) is 56.0 Å². The monoisotopic (exact) mass is 690 g/mol. The number of ether oxygens (including phenoxy) is 2. The zero-order chi connectivity index (χ0) is 35.8. The molecule has 4 heterocycles. The highest BCUT2D eigenvalue weighted by Crippen LogP contribution is 2.20. The normalized spacial score (nSPS) is 19.0. The average Bonchev–Trinajstić information content (AvgIpc) is 3.11. The van der Waals surface area contributed by atoms with Gasteiger partial charge in [0.2, 0.25) is 5.91 Å². The van der Waals surface area contributed by atoms with Gasteiger partial charge in [-0.2, -0.15) is 0 Å². The van der Waals surface area contributed by atoms with Crippen molar-refractivity contribution in [2.75, 3.05) is 78.5 Å². The van der Waals surface area contributed by atoms with Gasteiger partial charge >= 0.3 is 24.2 Å². The lowest BCUT2D eigenvalue weighted by Gasteiger charge is -2.36. The molecule has 274 valence electrons. The number of hydrogen-bond donors (Lipinski definition) is 4. The Kier molecular flexibility index (Phi) is 15.9. The van der Waals surface area contributed by atoms with Crippen LogP contribution in [0.1, 0.15) is 52.0 Å². The minimum absolute atomic E-state index is 0.142. The third kappa shape index (κ3) is 14.1. The maximum Gasteiger partial charge on any atom is 0.410 e. The van der Waals surface area contributed by atoms with Crippen LogP contribution in [0.15, 0.2) is 30.3 Å². The number of nitrogens with one attached hydrogen (secondary N) is 2. The predicted octanol–water partition coefficient (Wildman–Crippen LogP) is 2.75. The van der Waals surface area contributed by atoms with Crippen molar-refractivity contribution < 1.29 is 43.7 Å². The number of carboxylic acids is 1. The largest absolute Gasteiger partial charge is 0.481 e. The molecule has 0 spiro atoms. The second-order valence-electron chi connectivity index (χ2n) is 13.5. The number of carbonyl (C=O) groups excluding carboxylic acids is 3. The number of nitrogens with zero attached hydrogens (tertiary/aromatic N) is 4. The molecule has 0 radical (unpaired) electrons. The number of benzene rings is 1. The van der Waals surface area contributed by atoms with Crippen LogP contribution in [0.2, 0.25) is 0 Å². The first-order chi connectivity index (χ1) is 23.3. The molecule has 1 aromatic rings. The molecule has 0 unspecified atom stereocenters. The van der Waals surface area contributed by atoms with Crippen LogP contribution in [0.3, 0.4) is 0 Å². The molecule has 49 heavy (non-hydrogen) atoms. The van der Waals surface area contributed by atoms with Gasteiger partial charge in [-0.25, -0.2) is 14.4 Å². The number of piperidine rings is 2. The van der Waals surface area contributed by atoms with Crippen molar-refractivity contribution in [2.24, 2.45) is 11.8 Å². The Hall–Kier alpha value is -4.11. The maximum absolute atomic E-state index is 12.5. The van der Waals surface area contributed by atoms with Crippen molar-refractivity contribution in [3.05, 3.63) is 35.9 Å². The number of aliphatic carboxylic acids is 1. The smallest absolute Gasteiger partial charge is 0.410 e. The molecule has 4 aliphatic heterocycles. The highest BCUT2D eigenvalue weighted by atomic mass is 16.6. The van der Waals surface area contributed by atoms with Gasteiger partial charge in [0.1, 0.15) is 12.2 Å². The number of amides is 4. The van der Waals surface area contributed by atoms with Gasteiger partial charge in [-0.1, -0.05) is 30.3 Å². The van der Waals surface area contributed by atoms with Crippen molar-refractivity contribution in [3.8, 4) is 0 Å². The fraction of sp³-hybridized carbons (Fsp3) is 0.676. The molecule has 0 aliphatic carbocycles. The average molecular weight is 691 g/mol. The quantitative estimate of drug-likeness (QED) is 0.365. The maximum atomic E-state index is 12.5. The third-order valence-electron chi connectivity index (χ3n) is 8.63. The molecule has 4 fully saturated rings. The summed E-state index contributed by atoms with van der Waals surface area (Å²) in [6.07, 6.45) is 1.39. The number of carbonyl (C=O) groups is 5. The van der Waals surface area contributed by atoms with Crippen molar-refractivity contribution in [1.82, 2.24) is 30.2 Å². The number of likely N-dealkylation sites (tertiary alicyclic amines) is 1. The van der Waals surface area contributed by atoms with Crippen LogP contribution in [0.4, 0.5) is 14.4 Å². The number of hydrogen-bond acceptors (Lipinski definition) is 9. The highest BCUT2D eigenvalue weighted by Gasteiger charge is 2.31. The zero-order valence-corrected chi connectivity index (χ0v) is 29.1. The molecule has 4 aliphatic rings. The van der Waals surface area contributed by atoms with E-state index in [9.17, 15) is 24.0 Å². The summed E-state index contributed by atoms with van der Waals surface area (Å²) in [5.41, 5.74) is 0.478. The lowest BCUT2D eigenvalue weighted by Crippen LogP contribution is -2.52. The van der Waals surface area contributed by atoms with Gasteiger partial charge in [-0.05, 0) is 65.1 Å². The standard InChI is InChI=1S/C18H25N3O3.C11H19NO4.C5H10N2O2/c22-17(16-6-8-19-9-7-16)20-10-12-21(13-11-20)18(23)24-14-15-4-2-1-3-5-15;1-11(2,3)16-10(15)12-6-4-8(5-7-12)9(13)14;8-5(9)7-3-1-6-2-4-7/h1-5,16,19H,6-14H2;8H,4-7H2,1-3H3,(H,13,14);6H,1-4H2,(H,8,9). The summed E-state index contributed by atoms with van der Waals surface area (Å²) in [6, 6.07) is 9.65. The summed E-state index contributed by atoms with van der Waals surface area (Å²) < 4.78 is 10.6. The molecule has 4 N–H and O–H groups in total. The lowest BCUT2D eigenvalue weighted by atomic mass is 9.96. The summed E-state index contributed by atoms with van der Waals surface area (Å²) in [7, 11) is 0. The second-order valence-corrected chi connectivity index (χ2v) is 13.5. The van der Waals surface area contributed by atoms with Gasteiger partial charge in [0.05, 0.1) is 5.92 Å². The minimum Gasteiger partial charge on any atom is -0.481 e. The zero-order valence-electron chi connectivity index (χ0n) is 29.1. The molecule has 15 heteroatoms. The van der Waals surface area contributed by atoms with E-state index in [0.717, 1.165) is 44.6 Å². The summed E-state index contributed by atoms with van der Waals surface area (Å²) in [6.45, 7) is 13.6. The van der Waals surface area contributed by atoms with E-state index >= 15 is 0 Å². The van der Waals surface area contributed by atoms with E-state index in [0.29, 0.717) is 65.2 Å². The topological polar surface area (TPSA) is 181 Å². The predicted molar refractivity (Wildman–Crippen MR) is 181 cm³/mol. The Balaban J connectivity index is 0.000000223. The summed E-state index contributed by atoms with van der Waals surface area (Å²) >= 11 is 0. The fourth-order valence-electron chi connectivity index (χ4n) is 5.74. The second kappa shape index (κ2) is 19.8. The van der Waals surface area contributed by atoms with Gasteiger partial charge in [-0.3, -0.25) is 9.59 Å². The molecule has 0 saturated carbocycles.